The second-order valence-electron chi connectivity index (χ2n) is 5.49. The van der Waals surface area contributed by atoms with Gasteiger partial charge in [0.2, 0.25) is 10.0 Å². The zero-order chi connectivity index (χ0) is 17.2. The summed E-state index contributed by atoms with van der Waals surface area (Å²) in [5, 5.41) is 19.3. The van der Waals surface area contributed by atoms with E-state index in [1.807, 2.05) is 36.4 Å². The molecule has 2 aromatic rings. The normalized spacial score (nSPS) is 14.5. The first-order chi connectivity index (χ1) is 11.5. The maximum Gasteiger partial charge on any atom is 0.229 e. The number of nitrogens with one attached hydrogen (secondary N) is 2. The molecule has 0 aliphatic heterocycles. The van der Waals surface area contributed by atoms with Gasteiger partial charge in [0.1, 0.15) is 11.8 Å². The van der Waals surface area contributed by atoms with E-state index in [1.54, 1.807) is 6.08 Å². The van der Waals surface area contributed by atoms with Crippen LogP contribution in [0.5, 0.6) is 0 Å². The van der Waals surface area contributed by atoms with Crippen molar-refractivity contribution in [1.82, 2.24) is 20.1 Å². The Balaban J connectivity index is 1.89. The van der Waals surface area contributed by atoms with Crippen LogP contribution in [0.25, 0.3) is 16.8 Å². The molecule has 0 saturated heterocycles. The number of nitriles is 1. The number of rotatable bonds is 4. The van der Waals surface area contributed by atoms with Crippen molar-refractivity contribution in [3.05, 3.63) is 53.4 Å². The second-order valence-corrected chi connectivity index (χ2v) is 7.23. The molecule has 0 atom stereocenters. The number of sulfonamides is 1. The lowest BCUT2D eigenvalue weighted by Gasteiger charge is -2.16. The number of hydrogen-bond donors (Lipinski definition) is 2. The fourth-order valence-corrected chi connectivity index (χ4v) is 3.22. The number of allylic oxidation sites excluding steroid dienone is 4. The average molecular weight is 341 g/mol. The molecule has 122 valence electrons. The van der Waals surface area contributed by atoms with Gasteiger partial charge in [-0.15, -0.1) is 5.10 Å². The van der Waals surface area contributed by atoms with Gasteiger partial charge in [-0.05, 0) is 36.1 Å². The predicted molar refractivity (Wildman–Crippen MR) is 89.8 cm³/mol. The zero-order valence-corrected chi connectivity index (χ0v) is 13.8. The van der Waals surface area contributed by atoms with Gasteiger partial charge in [0.15, 0.2) is 5.69 Å². The molecule has 1 aliphatic rings. The van der Waals surface area contributed by atoms with Gasteiger partial charge in [0, 0.05) is 11.3 Å². The molecule has 0 amide bonds. The number of nitrogens with zero attached hydrogens (tertiary/aromatic N) is 3. The van der Waals surface area contributed by atoms with E-state index >= 15 is 0 Å². The SMILES string of the molecule is CS(=O)(=O)NC1=CC=C(c2cccc(-c3nn[nH]c3C#N)c2)CC1. The Hall–Kier alpha value is -2.92. The fourth-order valence-electron chi connectivity index (χ4n) is 2.58. The Labute approximate surface area is 139 Å². The maximum atomic E-state index is 11.3. The topological polar surface area (TPSA) is 112 Å². The Morgan fingerprint density at radius 1 is 1.25 bits per heavy atom. The molecule has 0 spiro atoms. The van der Waals surface area contributed by atoms with E-state index < -0.39 is 10.0 Å². The summed E-state index contributed by atoms with van der Waals surface area (Å²) >= 11 is 0. The number of aromatic amines is 1. The minimum atomic E-state index is -3.25. The van der Waals surface area contributed by atoms with E-state index in [4.69, 9.17) is 5.26 Å². The van der Waals surface area contributed by atoms with E-state index in [1.165, 1.54) is 0 Å². The highest BCUT2D eigenvalue weighted by Crippen LogP contribution is 2.29. The van der Waals surface area contributed by atoms with Gasteiger partial charge < -0.3 is 0 Å². The summed E-state index contributed by atoms with van der Waals surface area (Å²) in [7, 11) is -3.25. The molecule has 1 heterocycles. The van der Waals surface area contributed by atoms with Crippen molar-refractivity contribution in [2.24, 2.45) is 0 Å². The highest BCUT2D eigenvalue weighted by molar-refractivity contribution is 7.88. The average Bonchev–Trinajstić information content (AvgIpc) is 3.03. The number of benzene rings is 1. The van der Waals surface area contributed by atoms with Crippen LogP contribution in [0.2, 0.25) is 0 Å². The van der Waals surface area contributed by atoms with Crippen LogP contribution < -0.4 is 4.72 Å². The first-order valence-electron chi connectivity index (χ1n) is 7.26. The lowest BCUT2D eigenvalue weighted by atomic mass is 9.94. The van der Waals surface area contributed by atoms with E-state index in [-0.39, 0.29) is 0 Å². The third-order valence-electron chi connectivity index (χ3n) is 3.63. The van der Waals surface area contributed by atoms with Gasteiger partial charge in [0.25, 0.3) is 0 Å². The van der Waals surface area contributed by atoms with Crippen molar-refractivity contribution in [3.8, 4) is 17.3 Å². The summed E-state index contributed by atoms with van der Waals surface area (Å²) in [4.78, 5) is 0. The van der Waals surface area contributed by atoms with E-state index in [0.717, 1.165) is 29.4 Å². The van der Waals surface area contributed by atoms with Gasteiger partial charge in [-0.1, -0.05) is 29.5 Å². The summed E-state index contributed by atoms with van der Waals surface area (Å²) in [5.74, 6) is 0. The van der Waals surface area contributed by atoms with E-state index in [9.17, 15) is 8.42 Å². The standard InChI is InChI=1S/C16H15N5O2S/c1-24(22,23)20-14-7-5-11(6-8-14)12-3-2-4-13(9-12)16-15(10-17)18-21-19-16/h2-5,7,9,20H,6,8H2,1H3,(H,18,19,21). The Bertz CT molecular complexity index is 980. The lowest BCUT2D eigenvalue weighted by Crippen LogP contribution is -2.22. The predicted octanol–water partition coefficient (Wildman–Crippen LogP) is 1.95. The monoisotopic (exact) mass is 341 g/mol. The fraction of sp³-hybridized carbons (Fsp3) is 0.188. The minimum absolute atomic E-state index is 0.323. The third kappa shape index (κ3) is 3.52. The summed E-state index contributed by atoms with van der Waals surface area (Å²) in [5.41, 5.74) is 4.44. The molecular weight excluding hydrogens is 326 g/mol. The molecule has 0 bridgehead atoms. The first kappa shape index (κ1) is 16.0. The van der Waals surface area contributed by atoms with Crippen LogP contribution in [0, 0.1) is 11.3 Å². The highest BCUT2D eigenvalue weighted by atomic mass is 32.2. The van der Waals surface area contributed by atoms with Crippen molar-refractivity contribution >= 4 is 15.6 Å². The van der Waals surface area contributed by atoms with Crippen LogP contribution in [0.15, 0.2) is 42.1 Å². The van der Waals surface area contributed by atoms with Gasteiger partial charge in [0.05, 0.1) is 6.26 Å². The van der Waals surface area contributed by atoms with Crippen LogP contribution in [0.4, 0.5) is 0 Å². The summed E-state index contributed by atoms with van der Waals surface area (Å²) in [6.45, 7) is 0. The summed E-state index contributed by atoms with van der Waals surface area (Å²) in [6.07, 6.45) is 6.17. The Morgan fingerprint density at radius 3 is 2.71 bits per heavy atom. The summed E-state index contributed by atoms with van der Waals surface area (Å²) in [6, 6.07) is 9.73. The molecule has 0 radical (unpaired) electrons. The Morgan fingerprint density at radius 2 is 2.04 bits per heavy atom. The van der Waals surface area contributed by atoms with Crippen molar-refractivity contribution in [1.29, 1.82) is 5.26 Å². The maximum absolute atomic E-state index is 11.3. The third-order valence-corrected chi connectivity index (χ3v) is 4.27. The van der Waals surface area contributed by atoms with Crippen molar-refractivity contribution in [3.63, 3.8) is 0 Å². The van der Waals surface area contributed by atoms with Crippen LogP contribution in [0.3, 0.4) is 0 Å². The van der Waals surface area contributed by atoms with E-state index in [2.05, 4.69) is 20.1 Å². The largest absolute Gasteiger partial charge is 0.288 e. The molecule has 7 nitrogen and oxygen atoms in total. The van der Waals surface area contributed by atoms with Crippen LogP contribution in [-0.4, -0.2) is 30.1 Å². The molecule has 8 heteroatoms. The van der Waals surface area contributed by atoms with Crippen molar-refractivity contribution in [2.75, 3.05) is 6.26 Å². The quantitative estimate of drug-likeness (QED) is 0.883. The summed E-state index contributed by atoms with van der Waals surface area (Å²) < 4.78 is 25.1. The molecule has 0 unspecified atom stereocenters. The minimum Gasteiger partial charge on any atom is -0.288 e. The number of H-pyrrole nitrogens is 1. The first-order valence-corrected chi connectivity index (χ1v) is 9.15. The molecule has 24 heavy (non-hydrogen) atoms. The molecule has 0 fully saturated rings. The Kier molecular flexibility index (Phi) is 4.18. The van der Waals surface area contributed by atoms with Gasteiger partial charge in [-0.25, -0.2) is 13.5 Å². The van der Waals surface area contributed by atoms with Crippen LogP contribution >= 0.6 is 0 Å². The van der Waals surface area contributed by atoms with E-state index in [0.29, 0.717) is 23.5 Å². The number of aromatic nitrogens is 3. The smallest absolute Gasteiger partial charge is 0.229 e. The highest BCUT2D eigenvalue weighted by Gasteiger charge is 2.14. The number of hydrogen-bond acceptors (Lipinski definition) is 5. The zero-order valence-electron chi connectivity index (χ0n) is 12.9. The molecular formula is C16H15N5O2S. The van der Waals surface area contributed by atoms with Crippen molar-refractivity contribution < 1.29 is 8.42 Å². The van der Waals surface area contributed by atoms with Crippen LogP contribution in [0.1, 0.15) is 24.1 Å². The second kappa shape index (κ2) is 6.29. The van der Waals surface area contributed by atoms with Gasteiger partial charge >= 0.3 is 0 Å². The molecule has 1 aromatic carbocycles. The molecule has 0 saturated carbocycles. The molecule has 3 rings (SSSR count). The molecule has 1 aliphatic carbocycles. The molecule has 2 N–H and O–H groups in total. The van der Waals surface area contributed by atoms with Crippen molar-refractivity contribution in [2.45, 2.75) is 12.8 Å². The van der Waals surface area contributed by atoms with Crippen LogP contribution in [-0.2, 0) is 10.0 Å². The van der Waals surface area contributed by atoms with Gasteiger partial charge in [-0.3, -0.25) is 4.72 Å². The lowest BCUT2D eigenvalue weighted by molar-refractivity contribution is 0.593. The molecule has 1 aromatic heterocycles. The van der Waals surface area contributed by atoms with Gasteiger partial charge in [-0.2, -0.15) is 5.26 Å².